The zero-order valence-electron chi connectivity index (χ0n) is 18.3. The van der Waals surface area contributed by atoms with Crippen LogP contribution in [0.15, 0.2) is 54.6 Å². The highest BCUT2D eigenvalue weighted by molar-refractivity contribution is 6.39. The fourth-order valence-corrected chi connectivity index (χ4v) is 6.90. The summed E-state index contributed by atoms with van der Waals surface area (Å²) in [5.41, 5.74) is 9.47. The molecule has 1 saturated carbocycles. The smallest absolute Gasteiger partial charge is 0.0835 e. The Kier molecular flexibility index (Phi) is 4.15. The van der Waals surface area contributed by atoms with Crippen molar-refractivity contribution in [1.29, 1.82) is 0 Å². The van der Waals surface area contributed by atoms with Crippen LogP contribution in [0.1, 0.15) is 74.6 Å². The van der Waals surface area contributed by atoms with Crippen molar-refractivity contribution >= 4 is 40.3 Å². The molecule has 1 nitrogen and oxygen atoms in total. The Labute approximate surface area is 195 Å². The molecule has 3 aliphatic carbocycles. The Balaban J connectivity index is 1.73. The van der Waals surface area contributed by atoms with E-state index in [-0.39, 0.29) is 10.8 Å². The summed E-state index contributed by atoms with van der Waals surface area (Å²) in [6.07, 6.45) is 5.02. The van der Waals surface area contributed by atoms with E-state index in [1.165, 1.54) is 59.3 Å². The van der Waals surface area contributed by atoms with Crippen molar-refractivity contribution in [2.45, 2.75) is 63.2 Å². The molecular weight excluding hydrogens is 421 g/mol. The van der Waals surface area contributed by atoms with Crippen LogP contribution in [-0.4, -0.2) is 0 Å². The molecule has 3 aromatic rings. The molecule has 0 saturated heterocycles. The number of anilines is 3. The number of rotatable bonds is 1. The fourth-order valence-electron chi connectivity index (χ4n) is 6.34. The van der Waals surface area contributed by atoms with Gasteiger partial charge in [-0.1, -0.05) is 74.3 Å². The van der Waals surface area contributed by atoms with Crippen LogP contribution in [0.3, 0.4) is 0 Å². The van der Waals surface area contributed by atoms with Crippen molar-refractivity contribution in [2.75, 3.05) is 4.90 Å². The average Bonchev–Trinajstić information content (AvgIpc) is 2.76. The second kappa shape index (κ2) is 6.53. The van der Waals surface area contributed by atoms with Crippen LogP contribution >= 0.6 is 23.2 Å². The molecule has 0 unspecified atom stereocenters. The minimum Gasteiger partial charge on any atom is -0.307 e. The van der Waals surface area contributed by atoms with Gasteiger partial charge in [0.2, 0.25) is 0 Å². The molecular formula is C28H27Cl2N. The lowest BCUT2D eigenvalue weighted by molar-refractivity contribution is 0.278. The molecule has 1 fully saturated rings. The van der Waals surface area contributed by atoms with E-state index < -0.39 is 0 Å². The van der Waals surface area contributed by atoms with E-state index in [9.17, 15) is 0 Å². The van der Waals surface area contributed by atoms with Gasteiger partial charge >= 0.3 is 0 Å². The molecule has 0 atom stereocenters. The minimum absolute atomic E-state index is 0.0987. The van der Waals surface area contributed by atoms with E-state index >= 15 is 0 Å². The first-order valence-electron chi connectivity index (χ1n) is 11.3. The summed E-state index contributed by atoms with van der Waals surface area (Å²) in [4.78, 5) is 2.33. The van der Waals surface area contributed by atoms with Gasteiger partial charge in [0.05, 0.1) is 27.1 Å². The third kappa shape index (κ3) is 2.63. The van der Waals surface area contributed by atoms with Crippen LogP contribution in [0.25, 0.3) is 0 Å². The van der Waals surface area contributed by atoms with Gasteiger partial charge in [-0.05, 0) is 83.5 Å². The fraction of sp³-hybridized carbons (Fsp3) is 0.357. The number of halogens is 2. The van der Waals surface area contributed by atoms with E-state index in [2.05, 4.69) is 62.1 Å². The third-order valence-corrected chi connectivity index (χ3v) is 8.46. The number of para-hydroxylation sites is 1. The molecule has 0 N–H and O–H groups in total. The first kappa shape index (κ1) is 19.7. The van der Waals surface area contributed by atoms with Gasteiger partial charge in [-0.25, -0.2) is 0 Å². The number of nitrogens with zero attached hydrogens (tertiary/aromatic N) is 1. The molecule has 7 rings (SSSR count). The zero-order valence-corrected chi connectivity index (χ0v) is 19.8. The van der Waals surface area contributed by atoms with Crippen molar-refractivity contribution in [2.24, 2.45) is 0 Å². The van der Waals surface area contributed by atoms with Gasteiger partial charge < -0.3 is 4.90 Å². The molecule has 1 spiro atoms. The van der Waals surface area contributed by atoms with Gasteiger partial charge in [0, 0.05) is 5.41 Å². The summed E-state index contributed by atoms with van der Waals surface area (Å²) >= 11 is 13.5. The highest BCUT2D eigenvalue weighted by atomic mass is 35.5. The molecule has 0 radical (unpaired) electrons. The number of hydrogen-bond acceptors (Lipinski definition) is 1. The quantitative estimate of drug-likeness (QED) is 0.359. The van der Waals surface area contributed by atoms with E-state index in [1.54, 1.807) is 0 Å². The Morgan fingerprint density at radius 2 is 1.55 bits per heavy atom. The SMILES string of the molecule is CC(C)(C)c1ccc2c(c1)C13CCC(CC1)c1cccc(c13)N2c1c(Cl)cccc1Cl. The summed E-state index contributed by atoms with van der Waals surface area (Å²) in [6.45, 7) is 6.90. The van der Waals surface area contributed by atoms with Crippen LogP contribution in [0.4, 0.5) is 17.1 Å². The zero-order chi connectivity index (χ0) is 21.5. The predicted molar refractivity (Wildman–Crippen MR) is 132 cm³/mol. The molecule has 31 heavy (non-hydrogen) atoms. The van der Waals surface area contributed by atoms with Gasteiger partial charge in [0.25, 0.3) is 0 Å². The highest BCUT2D eigenvalue weighted by Crippen LogP contribution is 2.65. The lowest BCUT2D eigenvalue weighted by Gasteiger charge is -2.54. The predicted octanol–water partition coefficient (Wildman–Crippen LogP) is 9.03. The van der Waals surface area contributed by atoms with Crippen molar-refractivity contribution in [3.05, 3.63) is 86.9 Å². The molecule has 0 amide bonds. The van der Waals surface area contributed by atoms with Gasteiger partial charge in [-0.3, -0.25) is 0 Å². The van der Waals surface area contributed by atoms with Gasteiger partial charge in [-0.2, -0.15) is 0 Å². The monoisotopic (exact) mass is 447 g/mol. The largest absolute Gasteiger partial charge is 0.307 e. The lowest BCUT2D eigenvalue weighted by atomic mass is 9.53. The van der Waals surface area contributed by atoms with Crippen molar-refractivity contribution in [3.8, 4) is 0 Å². The van der Waals surface area contributed by atoms with Gasteiger partial charge in [-0.15, -0.1) is 0 Å². The summed E-state index contributed by atoms with van der Waals surface area (Å²) in [5.74, 6) is 0.674. The van der Waals surface area contributed by atoms with Gasteiger partial charge in [0.1, 0.15) is 0 Å². The molecule has 0 aromatic heterocycles. The highest BCUT2D eigenvalue weighted by Gasteiger charge is 2.52. The topological polar surface area (TPSA) is 3.24 Å². The van der Waals surface area contributed by atoms with Crippen LogP contribution in [0.2, 0.25) is 10.0 Å². The molecule has 158 valence electrons. The van der Waals surface area contributed by atoms with Crippen LogP contribution in [-0.2, 0) is 10.8 Å². The molecule has 1 aliphatic heterocycles. The first-order valence-corrected chi connectivity index (χ1v) is 12.1. The molecule has 1 heterocycles. The first-order chi connectivity index (χ1) is 14.8. The maximum absolute atomic E-state index is 6.77. The molecule has 3 heteroatoms. The summed E-state index contributed by atoms with van der Waals surface area (Å²) in [6, 6.07) is 19.7. The minimum atomic E-state index is 0.0987. The molecule has 3 aromatic carbocycles. The van der Waals surface area contributed by atoms with Gasteiger partial charge in [0.15, 0.2) is 0 Å². The Bertz CT molecular complexity index is 1190. The normalized spacial score (nSPS) is 23.5. The van der Waals surface area contributed by atoms with Crippen molar-refractivity contribution in [1.82, 2.24) is 0 Å². The van der Waals surface area contributed by atoms with Crippen LogP contribution in [0, 0.1) is 0 Å². The van der Waals surface area contributed by atoms with Crippen LogP contribution in [0.5, 0.6) is 0 Å². The number of benzene rings is 3. The maximum atomic E-state index is 6.77. The lowest BCUT2D eigenvalue weighted by Crippen LogP contribution is -2.43. The molecule has 4 aliphatic rings. The Hall–Kier alpha value is -1.96. The number of fused-ring (bicyclic) bond motifs is 3. The second-order valence-corrected chi connectivity index (χ2v) is 11.3. The third-order valence-electron chi connectivity index (χ3n) is 7.85. The maximum Gasteiger partial charge on any atom is 0.0835 e. The van der Waals surface area contributed by atoms with Crippen molar-refractivity contribution < 1.29 is 0 Å². The summed E-state index contributed by atoms with van der Waals surface area (Å²) in [7, 11) is 0. The van der Waals surface area contributed by atoms with E-state index in [0.29, 0.717) is 16.0 Å². The standard InChI is InChI=1S/C28H27Cl2N/c1-27(2,3)18-10-11-23-20(16-18)28-14-12-17(13-15-28)19-6-4-9-24(25(19)28)31(23)26-21(29)7-5-8-22(26)30/h4-11,16-17H,12-15H2,1-3H3. The van der Waals surface area contributed by atoms with E-state index in [1.807, 2.05) is 18.2 Å². The Morgan fingerprint density at radius 1 is 0.871 bits per heavy atom. The van der Waals surface area contributed by atoms with Crippen molar-refractivity contribution in [3.63, 3.8) is 0 Å². The Morgan fingerprint density at radius 3 is 2.23 bits per heavy atom. The van der Waals surface area contributed by atoms with E-state index in [0.717, 1.165) is 5.69 Å². The molecule has 2 bridgehead atoms. The number of hydrogen-bond donors (Lipinski definition) is 0. The van der Waals surface area contributed by atoms with E-state index in [4.69, 9.17) is 23.2 Å². The summed E-state index contributed by atoms with van der Waals surface area (Å²) < 4.78 is 0. The average molecular weight is 448 g/mol. The summed E-state index contributed by atoms with van der Waals surface area (Å²) in [5, 5.41) is 1.38. The van der Waals surface area contributed by atoms with Crippen LogP contribution < -0.4 is 4.90 Å². The second-order valence-electron chi connectivity index (χ2n) is 10.5.